The number of hydrogen-bond acceptors (Lipinski definition) is 3. The Morgan fingerprint density at radius 3 is 2.53 bits per heavy atom. The Hall–Kier alpha value is -0.610. The van der Waals surface area contributed by atoms with Crippen molar-refractivity contribution in [3.05, 3.63) is 0 Å². The second kappa shape index (κ2) is 6.23. The summed E-state index contributed by atoms with van der Waals surface area (Å²) in [5.74, 6) is 0.707. The third-order valence-corrected chi connectivity index (χ3v) is 4.66. The highest BCUT2D eigenvalue weighted by Gasteiger charge is 2.36. The number of amides is 1. The summed E-state index contributed by atoms with van der Waals surface area (Å²) in [6, 6.07) is 0.519. The van der Waals surface area contributed by atoms with Crippen LogP contribution in [-0.2, 0) is 4.79 Å². The molecule has 110 valence electrons. The number of carbonyl (C=O) groups is 1. The van der Waals surface area contributed by atoms with Crippen molar-refractivity contribution in [1.29, 1.82) is 0 Å². The van der Waals surface area contributed by atoms with Crippen LogP contribution >= 0.6 is 0 Å². The topological polar surface area (TPSA) is 58.4 Å². The Morgan fingerprint density at radius 2 is 2.05 bits per heavy atom. The zero-order valence-corrected chi connectivity index (χ0v) is 12.5. The SMILES string of the molecule is CN(CCCC(C)(NC1CC1)C(N)=O)CC1CCC1. The fourth-order valence-electron chi connectivity index (χ4n) is 2.85. The van der Waals surface area contributed by atoms with Crippen LogP contribution in [0.5, 0.6) is 0 Å². The van der Waals surface area contributed by atoms with E-state index in [0.29, 0.717) is 6.04 Å². The van der Waals surface area contributed by atoms with Gasteiger partial charge in [0.25, 0.3) is 0 Å². The molecule has 1 amide bonds. The van der Waals surface area contributed by atoms with Crippen molar-refractivity contribution >= 4 is 5.91 Å². The van der Waals surface area contributed by atoms with Gasteiger partial charge in [0.15, 0.2) is 0 Å². The maximum Gasteiger partial charge on any atom is 0.237 e. The molecule has 0 aliphatic heterocycles. The first-order valence-corrected chi connectivity index (χ1v) is 7.76. The molecule has 4 nitrogen and oxygen atoms in total. The standard InChI is InChI=1S/C15H29N3O/c1-15(14(16)19,17-13-7-8-13)9-4-10-18(2)11-12-5-3-6-12/h12-13,17H,3-11H2,1-2H3,(H2,16,19). The number of rotatable bonds is 9. The van der Waals surface area contributed by atoms with Gasteiger partial charge in [0.2, 0.25) is 5.91 Å². The highest BCUT2D eigenvalue weighted by atomic mass is 16.1. The minimum absolute atomic E-state index is 0.207. The van der Waals surface area contributed by atoms with Gasteiger partial charge in [-0.3, -0.25) is 4.79 Å². The molecule has 0 aromatic carbocycles. The summed E-state index contributed by atoms with van der Waals surface area (Å²) in [6.45, 7) is 4.23. The minimum Gasteiger partial charge on any atom is -0.368 e. The number of carbonyl (C=O) groups excluding carboxylic acids is 1. The summed E-state index contributed by atoms with van der Waals surface area (Å²) in [7, 11) is 2.19. The maximum atomic E-state index is 11.6. The molecule has 1 atom stereocenters. The van der Waals surface area contributed by atoms with Crippen LogP contribution in [0.1, 0.15) is 51.9 Å². The van der Waals surface area contributed by atoms with Crippen molar-refractivity contribution in [3.8, 4) is 0 Å². The summed E-state index contributed by atoms with van der Waals surface area (Å²) in [5.41, 5.74) is 5.04. The molecule has 0 spiro atoms. The van der Waals surface area contributed by atoms with E-state index in [1.54, 1.807) is 0 Å². The summed E-state index contributed by atoms with van der Waals surface area (Å²) in [5, 5.41) is 3.41. The Labute approximate surface area is 117 Å². The van der Waals surface area contributed by atoms with Gasteiger partial charge in [-0.25, -0.2) is 0 Å². The molecule has 0 heterocycles. The van der Waals surface area contributed by atoms with Crippen LogP contribution in [-0.4, -0.2) is 42.5 Å². The molecule has 3 N–H and O–H groups in total. The summed E-state index contributed by atoms with van der Waals surface area (Å²) in [4.78, 5) is 14.0. The van der Waals surface area contributed by atoms with Crippen LogP contribution in [0.4, 0.5) is 0 Å². The molecule has 0 radical (unpaired) electrons. The van der Waals surface area contributed by atoms with Gasteiger partial charge in [0.1, 0.15) is 0 Å². The molecule has 2 fully saturated rings. The van der Waals surface area contributed by atoms with Crippen LogP contribution in [0.3, 0.4) is 0 Å². The largest absolute Gasteiger partial charge is 0.368 e. The zero-order valence-electron chi connectivity index (χ0n) is 12.5. The Bertz CT molecular complexity index is 313. The van der Waals surface area contributed by atoms with E-state index in [1.807, 2.05) is 6.92 Å². The smallest absolute Gasteiger partial charge is 0.237 e. The van der Waals surface area contributed by atoms with Gasteiger partial charge in [-0.2, -0.15) is 0 Å². The quantitative estimate of drug-likeness (QED) is 0.665. The van der Waals surface area contributed by atoms with Gasteiger partial charge in [-0.1, -0.05) is 6.42 Å². The van der Waals surface area contributed by atoms with E-state index in [-0.39, 0.29) is 5.91 Å². The van der Waals surface area contributed by atoms with E-state index in [4.69, 9.17) is 5.73 Å². The van der Waals surface area contributed by atoms with Crippen molar-refractivity contribution in [3.63, 3.8) is 0 Å². The van der Waals surface area contributed by atoms with Crippen molar-refractivity contribution in [2.24, 2.45) is 11.7 Å². The lowest BCUT2D eigenvalue weighted by molar-refractivity contribution is -0.124. The fraction of sp³-hybridized carbons (Fsp3) is 0.933. The summed E-state index contributed by atoms with van der Waals surface area (Å²) < 4.78 is 0. The van der Waals surface area contributed by atoms with E-state index in [9.17, 15) is 4.79 Å². The van der Waals surface area contributed by atoms with E-state index < -0.39 is 5.54 Å². The molecule has 1 unspecified atom stereocenters. The van der Waals surface area contributed by atoms with Gasteiger partial charge < -0.3 is 16.0 Å². The maximum absolute atomic E-state index is 11.6. The van der Waals surface area contributed by atoms with Gasteiger partial charge in [0.05, 0.1) is 5.54 Å². The lowest BCUT2D eigenvalue weighted by atomic mass is 9.85. The highest BCUT2D eigenvalue weighted by molar-refractivity contribution is 5.84. The number of primary amides is 1. The van der Waals surface area contributed by atoms with Crippen LogP contribution in [0, 0.1) is 5.92 Å². The molecular formula is C15H29N3O. The molecule has 19 heavy (non-hydrogen) atoms. The Balaban J connectivity index is 1.67. The number of nitrogens with zero attached hydrogens (tertiary/aromatic N) is 1. The van der Waals surface area contributed by atoms with E-state index in [1.165, 1.54) is 38.6 Å². The third kappa shape index (κ3) is 4.46. The lowest BCUT2D eigenvalue weighted by Gasteiger charge is -2.31. The normalized spacial score (nSPS) is 23.1. The first kappa shape index (κ1) is 14.8. The van der Waals surface area contributed by atoms with E-state index >= 15 is 0 Å². The fourth-order valence-corrected chi connectivity index (χ4v) is 2.85. The predicted molar refractivity (Wildman–Crippen MR) is 77.8 cm³/mol. The predicted octanol–water partition coefficient (Wildman–Crippen LogP) is 1.49. The molecule has 2 aliphatic rings. The van der Waals surface area contributed by atoms with Crippen LogP contribution in [0.15, 0.2) is 0 Å². The third-order valence-electron chi connectivity index (χ3n) is 4.66. The van der Waals surface area contributed by atoms with E-state index in [2.05, 4.69) is 17.3 Å². The summed E-state index contributed by atoms with van der Waals surface area (Å²) >= 11 is 0. The zero-order chi connectivity index (χ0) is 13.9. The second-order valence-corrected chi connectivity index (χ2v) is 6.78. The molecule has 0 bridgehead atoms. The van der Waals surface area contributed by atoms with Crippen molar-refractivity contribution in [2.45, 2.75) is 63.5 Å². The van der Waals surface area contributed by atoms with Crippen molar-refractivity contribution in [2.75, 3.05) is 20.1 Å². The number of nitrogens with one attached hydrogen (secondary N) is 1. The number of hydrogen-bond donors (Lipinski definition) is 2. The lowest BCUT2D eigenvalue weighted by Crippen LogP contribution is -2.54. The van der Waals surface area contributed by atoms with Crippen molar-refractivity contribution < 1.29 is 4.79 Å². The summed E-state index contributed by atoms with van der Waals surface area (Å²) in [6.07, 6.45) is 8.44. The highest BCUT2D eigenvalue weighted by Crippen LogP contribution is 2.27. The molecule has 2 saturated carbocycles. The van der Waals surface area contributed by atoms with Gasteiger partial charge in [0, 0.05) is 12.6 Å². The Kier molecular flexibility index (Phi) is 4.85. The molecule has 2 aliphatic carbocycles. The van der Waals surface area contributed by atoms with Crippen LogP contribution in [0.2, 0.25) is 0 Å². The van der Waals surface area contributed by atoms with Crippen molar-refractivity contribution in [1.82, 2.24) is 10.2 Å². The first-order chi connectivity index (χ1) is 8.99. The van der Waals surface area contributed by atoms with Gasteiger partial charge >= 0.3 is 0 Å². The van der Waals surface area contributed by atoms with Gasteiger partial charge in [-0.05, 0) is 65.0 Å². The Morgan fingerprint density at radius 1 is 1.37 bits per heavy atom. The first-order valence-electron chi connectivity index (χ1n) is 7.76. The number of nitrogens with two attached hydrogens (primary N) is 1. The van der Waals surface area contributed by atoms with Gasteiger partial charge in [-0.15, -0.1) is 0 Å². The molecule has 0 saturated heterocycles. The molecular weight excluding hydrogens is 238 g/mol. The van der Waals surface area contributed by atoms with Crippen LogP contribution < -0.4 is 11.1 Å². The molecule has 0 aromatic heterocycles. The average Bonchev–Trinajstić information content (AvgIpc) is 3.07. The molecule has 2 rings (SSSR count). The molecule has 4 heteroatoms. The van der Waals surface area contributed by atoms with Crippen LogP contribution in [0.25, 0.3) is 0 Å². The monoisotopic (exact) mass is 267 g/mol. The molecule has 0 aromatic rings. The minimum atomic E-state index is -0.515. The average molecular weight is 267 g/mol. The second-order valence-electron chi connectivity index (χ2n) is 6.78. The van der Waals surface area contributed by atoms with E-state index in [0.717, 1.165) is 25.3 Å².